The summed E-state index contributed by atoms with van der Waals surface area (Å²) in [6.07, 6.45) is 1.64. The van der Waals surface area contributed by atoms with E-state index in [0.29, 0.717) is 5.02 Å². The van der Waals surface area contributed by atoms with Crippen LogP contribution in [0.15, 0.2) is 24.4 Å². The molecule has 0 saturated heterocycles. The lowest BCUT2D eigenvalue weighted by Gasteiger charge is -2.15. The van der Waals surface area contributed by atoms with E-state index in [1.165, 1.54) is 5.69 Å². The normalized spacial score (nSPS) is 12.4. The highest BCUT2D eigenvalue weighted by Gasteiger charge is 2.07. The number of nitrogens with one attached hydrogen (secondary N) is 1. The summed E-state index contributed by atoms with van der Waals surface area (Å²) in [5, 5.41) is 8.41. The standard InChI is InChI=1S/C13H17ClN4/c1-9-6-11(3)18(17-9)8-10(2)16-13-5-4-12(14)7-15-13/h4-7,10H,8H2,1-3H3,(H,15,16)/t10-/m0/s1. The minimum absolute atomic E-state index is 0.247. The molecule has 96 valence electrons. The van der Waals surface area contributed by atoms with Gasteiger partial charge < -0.3 is 5.32 Å². The Balaban J connectivity index is 1.98. The van der Waals surface area contributed by atoms with Crippen LogP contribution in [-0.4, -0.2) is 20.8 Å². The number of halogens is 1. The molecule has 2 aromatic heterocycles. The maximum Gasteiger partial charge on any atom is 0.126 e. The molecule has 1 N–H and O–H groups in total. The number of hydrogen-bond donors (Lipinski definition) is 1. The monoisotopic (exact) mass is 264 g/mol. The second-order valence-electron chi connectivity index (χ2n) is 4.52. The maximum absolute atomic E-state index is 5.80. The number of anilines is 1. The lowest BCUT2D eigenvalue weighted by atomic mass is 10.3. The molecule has 0 amide bonds. The van der Waals surface area contributed by atoms with Gasteiger partial charge in [0.15, 0.2) is 0 Å². The summed E-state index contributed by atoms with van der Waals surface area (Å²) in [7, 11) is 0. The number of aromatic nitrogens is 3. The SMILES string of the molecule is Cc1cc(C)n(C[C@H](C)Nc2ccc(Cl)cn2)n1. The van der Waals surface area contributed by atoms with Crippen molar-refractivity contribution < 1.29 is 0 Å². The summed E-state index contributed by atoms with van der Waals surface area (Å²) in [5.74, 6) is 0.827. The Morgan fingerprint density at radius 3 is 2.72 bits per heavy atom. The summed E-state index contributed by atoms with van der Waals surface area (Å²) < 4.78 is 2.00. The zero-order chi connectivity index (χ0) is 13.1. The lowest BCUT2D eigenvalue weighted by Crippen LogP contribution is -2.23. The summed E-state index contributed by atoms with van der Waals surface area (Å²) in [5.41, 5.74) is 2.22. The first-order valence-electron chi connectivity index (χ1n) is 5.94. The van der Waals surface area contributed by atoms with E-state index in [9.17, 15) is 0 Å². The van der Waals surface area contributed by atoms with Gasteiger partial charge in [-0.15, -0.1) is 0 Å². The van der Waals surface area contributed by atoms with Crippen LogP contribution in [0.2, 0.25) is 5.02 Å². The largest absolute Gasteiger partial charge is 0.366 e. The second-order valence-corrected chi connectivity index (χ2v) is 4.95. The molecule has 18 heavy (non-hydrogen) atoms. The third kappa shape index (κ3) is 3.23. The Kier molecular flexibility index (Phi) is 3.87. The third-order valence-electron chi connectivity index (χ3n) is 2.67. The minimum Gasteiger partial charge on any atom is -0.366 e. The van der Waals surface area contributed by atoms with Crippen LogP contribution in [0.3, 0.4) is 0 Å². The number of nitrogens with zero attached hydrogens (tertiary/aromatic N) is 3. The van der Waals surface area contributed by atoms with Crippen molar-refractivity contribution in [2.24, 2.45) is 0 Å². The van der Waals surface area contributed by atoms with E-state index in [-0.39, 0.29) is 6.04 Å². The Morgan fingerprint density at radius 2 is 2.17 bits per heavy atom. The van der Waals surface area contributed by atoms with Gasteiger partial charge in [0.05, 0.1) is 17.3 Å². The van der Waals surface area contributed by atoms with E-state index >= 15 is 0 Å². The van der Waals surface area contributed by atoms with Crippen molar-refractivity contribution in [3.05, 3.63) is 40.8 Å². The molecule has 0 aliphatic carbocycles. The predicted octanol–water partition coefficient (Wildman–Crippen LogP) is 3.05. The van der Waals surface area contributed by atoms with Crippen LogP contribution in [0.4, 0.5) is 5.82 Å². The first kappa shape index (κ1) is 12.9. The second kappa shape index (κ2) is 5.40. The van der Waals surface area contributed by atoms with Gasteiger partial charge in [0.25, 0.3) is 0 Å². The number of aryl methyl sites for hydroxylation is 2. The van der Waals surface area contributed by atoms with Crippen molar-refractivity contribution in [2.75, 3.05) is 5.32 Å². The molecule has 2 aromatic rings. The summed E-state index contributed by atoms with van der Waals surface area (Å²) in [6.45, 7) is 6.98. The fraction of sp³-hybridized carbons (Fsp3) is 0.385. The highest BCUT2D eigenvalue weighted by atomic mass is 35.5. The lowest BCUT2D eigenvalue weighted by molar-refractivity contribution is 0.544. The van der Waals surface area contributed by atoms with Crippen LogP contribution >= 0.6 is 11.6 Å². The molecule has 0 bridgehead atoms. The Bertz CT molecular complexity index is 518. The molecular weight excluding hydrogens is 248 g/mol. The van der Waals surface area contributed by atoms with Crippen molar-refractivity contribution in [1.29, 1.82) is 0 Å². The number of rotatable bonds is 4. The van der Waals surface area contributed by atoms with Crippen LogP contribution in [-0.2, 0) is 6.54 Å². The van der Waals surface area contributed by atoms with Gasteiger partial charge in [0.1, 0.15) is 5.82 Å². The quantitative estimate of drug-likeness (QED) is 0.923. The molecule has 2 heterocycles. The summed E-state index contributed by atoms with van der Waals surface area (Å²) in [4.78, 5) is 4.21. The molecule has 5 heteroatoms. The van der Waals surface area contributed by atoms with Gasteiger partial charge in [-0.25, -0.2) is 4.98 Å². The smallest absolute Gasteiger partial charge is 0.126 e. The number of pyridine rings is 1. The molecular formula is C13H17ClN4. The topological polar surface area (TPSA) is 42.7 Å². The molecule has 1 atom stereocenters. The van der Waals surface area contributed by atoms with Gasteiger partial charge in [0.2, 0.25) is 0 Å². The molecule has 2 rings (SSSR count). The van der Waals surface area contributed by atoms with Crippen molar-refractivity contribution in [2.45, 2.75) is 33.4 Å². The van der Waals surface area contributed by atoms with E-state index in [1.807, 2.05) is 23.7 Å². The molecule has 0 saturated carbocycles. The zero-order valence-corrected chi connectivity index (χ0v) is 11.6. The van der Waals surface area contributed by atoms with Gasteiger partial charge in [-0.1, -0.05) is 11.6 Å². The maximum atomic E-state index is 5.80. The molecule has 4 nitrogen and oxygen atoms in total. The average molecular weight is 265 g/mol. The van der Waals surface area contributed by atoms with Crippen LogP contribution in [0, 0.1) is 13.8 Å². The predicted molar refractivity (Wildman–Crippen MR) is 74.0 cm³/mol. The molecule has 0 spiro atoms. The fourth-order valence-corrected chi connectivity index (χ4v) is 1.99. The molecule has 0 fully saturated rings. The van der Waals surface area contributed by atoms with E-state index in [4.69, 9.17) is 11.6 Å². The van der Waals surface area contributed by atoms with Crippen LogP contribution in [0.5, 0.6) is 0 Å². The van der Waals surface area contributed by atoms with Gasteiger partial charge in [-0.2, -0.15) is 5.10 Å². The minimum atomic E-state index is 0.247. The van der Waals surface area contributed by atoms with Gasteiger partial charge in [0, 0.05) is 17.9 Å². The Labute approximate surface area is 112 Å². The Morgan fingerprint density at radius 1 is 1.39 bits per heavy atom. The Hall–Kier alpha value is -1.55. The molecule has 0 unspecified atom stereocenters. The van der Waals surface area contributed by atoms with Crippen LogP contribution < -0.4 is 5.32 Å². The highest BCUT2D eigenvalue weighted by molar-refractivity contribution is 6.30. The third-order valence-corrected chi connectivity index (χ3v) is 2.90. The van der Waals surface area contributed by atoms with E-state index in [1.54, 1.807) is 6.20 Å². The van der Waals surface area contributed by atoms with Gasteiger partial charge >= 0.3 is 0 Å². The highest BCUT2D eigenvalue weighted by Crippen LogP contribution is 2.11. The van der Waals surface area contributed by atoms with E-state index in [0.717, 1.165) is 18.1 Å². The van der Waals surface area contributed by atoms with Crippen molar-refractivity contribution >= 4 is 17.4 Å². The van der Waals surface area contributed by atoms with Gasteiger partial charge in [-0.05, 0) is 39.0 Å². The molecule has 0 radical (unpaired) electrons. The van der Waals surface area contributed by atoms with Crippen LogP contribution in [0.1, 0.15) is 18.3 Å². The van der Waals surface area contributed by atoms with Crippen molar-refractivity contribution in [3.63, 3.8) is 0 Å². The van der Waals surface area contributed by atoms with Crippen molar-refractivity contribution in [1.82, 2.24) is 14.8 Å². The summed E-state index contributed by atoms with van der Waals surface area (Å²) in [6, 6.07) is 6.02. The van der Waals surface area contributed by atoms with Gasteiger partial charge in [-0.3, -0.25) is 4.68 Å². The van der Waals surface area contributed by atoms with Crippen molar-refractivity contribution in [3.8, 4) is 0 Å². The number of hydrogen-bond acceptors (Lipinski definition) is 3. The van der Waals surface area contributed by atoms with E-state index < -0.39 is 0 Å². The van der Waals surface area contributed by atoms with E-state index in [2.05, 4.69) is 35.3 Å². The molecule has 0 aromatic carbocycles. The zero-order valence-electron chi connectivity index (χ0n) is 10.8. The molecule has 0 aliphatic heterocycles. The first-order chi connectivity index (χ1) is 8.54. The first-order valence-corrected chi connectivity index (χ1v) is 6.31. The summed E-state index contributed by atoms with van der Waals surface area (Å²) >= 11 is 5.80. The fourth-order valence-electron chi connectivity index (χ4n) is 1.88. The van der Waals surface area contributed by atoms with Crippen LogP contribution in [0.25, 0.3) is 0 Å². The average Bonchev–Trinajstić information content (AvgIpc) is 2.61. The molecule has 0 aliphatic rings.